The molecule has 0 amide bonds. The van der Waals surface area contributed by atoms with Gasteiger partial charge in [0.05, 0.1) is 43.7 Å². The second-order valence-corrected chi connectivity index (χ2v) is 10.4. The van der Waals surface area contributed by atoms with Crippen molar-refractivity contribution in [3.63, 3.8) is 0 Å². The van der Waals surface area contributed by atoms with E-state index < -0.39 is 35.3 Å². The number of carboxylic acid groups (broad SMARTS) is 1. The molecule has 0 radical (unpaired) electrons. The van der Waals surface area contributed by atoms with E-state index >= 15 is 0 Å². The van der Waals surface area contributed by atoms with Gasteiger partial charge in [0.15, 0.2) is 0 Å². The van der Waals surface area contributed by atoms with E-state index in [2.05, 4.69) is 16.0 Å². The van der Waals surface area contributed by atoms with Gasteiger partial charge >= 0.3 is 12.1 Å². The number of allylic oxidation sites excluding steroid dienone is 3. The first-order valence-electron chi connectivity index (χ1n) is 12.7. The van der Waals surface area contributed by atoms with Gasteiger partial charge in [-0.25, -0.2) is 4.99 Å². The molecule has 0 bridgehead atoms. The number of carbonyl (C=O) groups is 1. The average molecular weight is 581 g/mol. The number of thiophene rings is 1. The number of piperazine rings is 1. The molecule has 1 aromatic heterocycles. The Bertz CT molecular complexity index is 1380. The van der Waals surface area contributed by atoms with Crippen molar-refractivity contribution in [1.82, 2.24) is 9.80 Å². The molecule has 1 unspecified atom stereocenters. The molecule has 2 aliphatic heterocycles. The molecule has 1 aromatic carbocycles. The first kappa shape index (κ1) is 27.8. The molecule has 5 rings (SSSR count). The molecule has 3 heterocycles. The summed E-state index contributed by atoms with van der Waals surface area (Å²) in [4.78, 5) is 22.1. The molecular formula is C27H28F4N4O4S. The summed E-state index contributed by atoms with van der Waals surface area (Å²) in [6.07, 6.45) is 0.661. The molecule has 8 nitrogen and oxygen atoms in total. The van der Waals surface area contributed by atoms with Crippen LogP contribution in [0.2, 0.25) is 0 Å². The fourth-order valence-electron chi connectivity index (χ4n) is 5.24. The number of halogens is 4. The van der Waals surface area contributed by atoms with Gasteiger partial charge in [-0.05, 0) is 30.7 Å². The Labute approximate surface area is 232 Å². The predicted octanol–water partition coefficient (Wildman–Crippen LogP) is 5.76. The maximum absolute atomic E-state index is 14.9. The molecule has 0 saturated carbocycles. The van der Waals surface area contributed by atoms with Crippen LogP contribution in [0.3, 0.4) is 0 Å². The molecule has 0 spiro atoms. The number of aliphatic imine (C=N–C) groups is 1. The number of anilines is 1. The highest BCUT2D eigenvalue weighted by Crippen LogP contribution is 2.47. The first-order valence-corrected chi connectivity index (χ1v) is 13.5. The number of fused-ring (bicyclic) bond motifs is 1. The van der Waals surface area contributed by atoms with Gasteiger partial charge in [-0.15, -0.1) is 11.3 Å². The van der Waals surface area contributed by atoms with Gasteiger partial charge in [-0.2, -0.15) is 17.6 Å². The number of carboxylic acids is 1. The van der Waals surface area contributed by atoms with Crippen molar-refractivity contribution in [3.05, 3.63) is 63.4 Å². The standard InChI is InChI=1S/C27H28F4N4O4S/c1-38-18-5-3-4-17(13-18)33-8-10-34(11-9-33)26-32-24-19(15-40-25(24)28)20(14-23(36)37)35(26)21-12-16(27(29,30)31)6-7-22(21)39-2/h4,6-7,12-13,15,20H,3,5,8-11,14H2,1-2H3,(H,36,37). The number of hydrogen-bond donors (Lipinski definition) is 1. The zero-order valence-electron chi connectivity index (χ0n) is 21.9. The summed E-state index contributed by atoms with van der Waals surface area (Å²) in [5.74, 6) is -0.0107. The zero-order chi connectivity index (χ0) is 28.6. The van der Waals surface area contributed by atoms with Gasteiger partial charge in [0.25, 0.3) is 0 Å². The van der Waals surface area contributed by atoms with Gasteiger partial charge in [0, 0.05) is 49.2 Å². The number of methoxy groups -OCH3 is 2. The van der Waals surface area contributed by atoms with Gasteiger partial charge in [-0.1, -0.05) is 6.08 Å². The van der Waals surface area contributed by atoms with Crippen molar-refractivity contribution in [2.45, 2.75) is 31.5 Å². The monoisotopic (exact) mass is 580 g/mol. The number of nitrogens with zero attached hydrogens (tertiary/aromatic N) is 4. The van der Waals surface area contributed by atoms with Crippen LogP contribution in [-0.4, -0.2) is 67.2 Å². The van der Waals surface area contributed by atoms with Crippen molar-refractivity contribution >= 4 is 34.6 Å². The van der Waals surface area contributed by atoms with E-state index in [0.717, 1.165) is 47.8 Å². The van der Waals surface area contributed by atoms with E-state index in [1.807, 2.05) is 11.0 Å². The SMILES string of the molecule is COC1=CC(N2CCN(C3=Nc4c(csc4F)C(CC(=O)O)N3c3cc(C(F)(F)F)ccc3OC)CC2)=CCC1. The normalized spacial score (nSPS) is 19.5. The Kier molecular flexibility index (Phi) is 7.67. The van der Waals surface area contributed by atoms with Crippen LogP contribution in [-0.2, 0) is 15.7 Å². The van der Waals surface area contributed by atoms with Crippen LogP contribution >= 0.6 is 11.3 Å². The highest BCUT2D eigenvalue weighted by Gasteiger charge is 2.41. The van der Waals surface area contributed by atoms with E-state index in [-0.39, 0.29) is 23.1 Å². The number of guanidine groups is 1. The van der Waals surface area contributed by atoms with Crippen LogP contribution in [0.4, 0.5) is 28.9 Å². The number of aliphatic carboxylic acids is 1. The molecule has 40 heavy (non-hydrogen) atoms. The minimum atomic E-state index is -4.65. The smallest absolute Gasteiger partial charge is 0.416 e. The third kappa shape index (κ3) is 5.34. The third-order valence-corrected chi connectivity index (χ3v) is 8.00. The number of rotatable bonds is 6. The summed E-state index contributed by atoms with van der Waals surface area (Å²) in [5, 5.41) is 10.7. The highest BCUT2D eigenvalue weighted by atomic mass is 32.1. The van der Waals surface area contributed by atoms with E-state index in [4.69, 9.17) is 9.47 Å². The Morgan fingerprint density at radius 2 is 1.88 bits per heavy atom. The van der Waals surface area contributed by atoms with Crippen LogP contribution < -0.4 is 9.64 Å². The van der Waals surface area contributed by atoms with Crippen LogP contribution in [0, 0.1) is 5.13 Å². The lowest BCUT2D eigenvalue weighted by Gasteiger charge is -2.45. The van der Waals surface area contributed by atoms with Crippen molar-refractivity contribution in [2.24, 2.45) is 4.99 Å². The fourth-order valence-corrected chi connectivity index (χ4v) is 6.02. The number of ether oxygens (including phenoxy) is 2. The maximum atomic E-state index is 14.9. The van der Waals surface area contributed by atoms with Crippen LogP contribution in [0.5, 0.6) is 5.75 Å². The van der Waals surface area contributed by atoms with Crippen molar-refractivity contribution in [3.8, 4) is 5.75 Å². The molecule has 2 aromatic rings. The lowest BCUT2D eigenvalue weighted by atomic mass is 10.00. The second kappa shape index (κ2) is 11.0. The van der Waals surface area contributed by atoms with Crippen molar-refractivity contribution < 1.29 is 36.9 Å². The second-order valence-electron chi connectivity index (χ2n) is 9.55. The van der Waals surface area contributed by atoms with Crippen LogP contribution in [0.15, 0.2) is 52.2 Å². The van der Waals surface area contributed by atoms with Gasteiger partial charge in [0.1, 0.15) is 11.4 Å². The number of hydrogen-bond acceptors (Lipinski definition) is 8. The van der Waals surface area contributed by atoms with Crippen LogP contribution in [0.25, 0.3) is 0 Å². The summed E-state index contributed by atoms with van der Waals surface area (Å²) in [5.41, 5.74) is 0.424. The number of benzene rings is 1. The lowest BCUT2D eigenvalue weighted by molar-refractivity contribution is -0.138. The van der Waals surface area contributed by atoms with E-state index in [9.17, 15) is 27.5 Å². The largest absolute Gasteiger partial charge is 0.501 e. The Morgan fingerprint density at radius 1 is 1.15 bits per heavy atom. The topological polar surface area (TPSA) is 77.8 Å². The third-order valence-electron chi connectivity index (χ3n) is 7.22. The Hall–Kier alpha value is -3.74. The molecule has 1 saturated heterocycles. The molecule has 1 atom stereocenters. The lowest BCUT2D eigenvalue weighted by Crippen LogP contribution is -2.55. The molecule has 13 heteroatoms. The fraction of sp³-hybridized carbons (Fsp3) is 0.407. The van der Waals surface area contributed by atoms with Crippen molar-refractivity contribution in [2.75, 3.05) is 45.3 Å². The van der Waals surface area contributed by atoms with Gasteiger partial charge in [-0.3, -0.25) is 4.79 Å². The molecule has 214 valence electrons. The van der Waals surface area contributed by atoms with E-state index in [0.29, 0.717) is 31.7 Å². The first-order chi connectivity index (χ1) is 19.1. The summed E-state index contributed by atoms with van der Waals surface area (Å²) in [6, 6.07) is 2.02. The van der Waals surface area contributed by atoms with Gasteiger partial charge < -0.3 is 29.3 Å². The van der Waals surface area contributed by atoms with Crippen LogP contribution in [0.1, 0.15) is 36.4 Å². The maximum Gasteiger partial charge on any atom is 0.416 e. The Balaban J connectivity index is 1.56. The summed E-state index contributed by atoms with van der Waals surface area (Å²) in [7, 11) is 2.96. The Morgan fingerprint density at radius 3 is 2.52 bits per heavy atom. The summed E-state index contributed by atoms with van der Waals surface area (Å²) in [6.45, 7) is 1.97. The molecular weight excluding hydrogens is 552 g/mol. The quantitative estimate of drug-likeness (QED) is 0.435. The average Bonchev–Trinajstić information content (AvgIpc) is 3.32. The predicted molar refractivity (Wildman–Crippen MR) is 142 cm³/mol. The minimum Gasteiger partial charge on any atom is -0.501 e. The van der Waals surface area contributed by atoms with E-state index in [1.54, 1.807) is 7.11 Å². The van der Waals surface area contributed by atoms with Crippen molar-refractivity contribution in [1.29, 1.82) is 0 Å². The zero-order valence-corrected chi connectivity index (χ0v) is 22.7. The summed E-state index contributed by atoms with van der Waals surface area (Å²) >= 11 is 0.779. The highest BCUT2D eigenvalue weighted by molar-refractivity contribution is 7.08. The molecule has 1 N–H and O–H groups in total. The molecule has 1 aliphatic carbocycles. The number of alkyl halides is 3. The van der Waals surface area contributed by atoms with E-state index in [1.165, 1.54) is 23.5 Å². The minimum absolute atomic E-state index is 0.00433. The molecule has 1 fully saturated rings. The summed E-state index contributed by atoms with van der Waals surface area (Å²) < 4.78 is 67.0. The molecule has 3 aliphatic rings. The van der Waals surface area contributed by atoms with Gasteiger partial charge in [0.2, 0.25) is 11.1 Å².